The Bertz CT molecular complexity index is 478. The van der Waals surface area contributed by atoms with E-state index in [4.69, 9.17) is 5.73 Å². The van der Waals surface area contributed by atoms with Crippen LogP contribution in [0.15, 0.2) is 22.2 Å². The number of likely N-dealkylation sites (tertiary alicyclic amines) is 1. The minimum atomic E-state index is 0.352. The second kappa shape index (κ2) is 4.86. The van der Waals surface area contributed by atoms with Crippen LogP contribution in [-0.4, -0.2) is 29.0 Å². The van der Waals surface area contributed by atoms with Crippen LogP contribution >= 0.6 is 22.7 Å². The first kappa shape index (κ1) is 11.3. The summed E-state index contributed by atoms with van der Waals surface area (Å²) in [7, 11) is 0. The Morgan fingerprint density at radius 1 is 1.47 bits per heavy atom. The third kappa shape index (κ3) is 2.57. The number of nitrogens with two attached hydrogens (primary N) is 1. The van der Waals surface area contributed by atoms with Crippen molar-refractivity contribution in [3.8, 4) is 10.6 Å². The minimum Gasteiger partial charge on any atom is -0.326 e. The van der Waals surface area contributed by atoms with E-state index in [1.807, 2.05) is 0 Å². The Kier molecular flexibility index (Phi) is 3.24. The molecule has 5 heteroatoms. The molecule has 3 heterocycles. The Balaban J connectivity index is 1.69. The first-order valence-electron chi connectivity index (χ1n) is 5.76. The van der Waals surface area contributed by atoms with E-state index >= 15 is 0 Å². The molecule has 1 fully saturated rings. The van der Waals surface area contributed by atoms with Gasteiger partial charge in [0.25, 0.3) is 0 Å². The highest BCUT2D eigenvalue weighted by Gasteiger charge is 2.19. The van der Waals surface area contributed by atoms with E-state index in [9.17, 15) is 0 Å². The predicted molar refractivity (Wildman–Crippen MR) is 73.3 cm³/mol. The molecule has 0 bridgehead atoms. The van der Waals surface area contributed by atoms with Crippen LogP contribution in [0.2, 0.25) is 0 Å². The number of aromatic nitrogens is 1. The van der Waals surface area contributed by atoms with Crippen LogP contribution in [0.4, 0.5) is 0 Å². The van der Waals surface area contributed by atoms with Gasteiger partial charge in [-0.2, -0.15) is 11.3 Å². The molecule has 2 N–H and O–H groups in total. The highest BCUT2D eigenvalue weighted by Crippen LogP contribution is 2.26. The fourth-order valence-electron chi connectivity index (χ4n) is 2.13. The Morgan fingerprint density at radius 3 is 3.12 bits per heavy atom. The van der Waals surface area contributed by atoms with Crippen LogP contribution in [0.5, 0.6) is 0 Å². The molecule has 0 amide bonds. The zero-order valence-electron chi connectivity index (χ0n) is 9.50. The Labute approximate surface area is 109 Å². The van der Waals surface area contributed by atoms with Crippen molar-refractivity contribution >= 4 is 22.7 Å². The highest BCUT2D eigenvalue weighted by atomic mass is 32.1. The van der Waals surface area contributed by atoms with Crippen LogP contribution in [0.25, 0.3) is 10.6 Å². The number of thiazole rings is 1. The fraction of sp³-hybridized carbons (Fsp3) is 0.417. The van der Waals surface area contributed by atoms with Gasteiger partial charge in [-0.05, 0) is 17.9 Å². The summed E-state index contributed by atoms with van der Waals surface area (Å²) in [6, 6.07) is 2.48. The van der Waals surface area contributed by atoms with E-state index in [1.165, 1.54) is 11.3 Å². The van der Waals surface area contributed by atoms with Crippen LogP contribution in [0, 0.1) is 0 Å². The van der Waals surface area contributed by atoms with Gasteiger partial charge in [0.1, 0.15) is 5.01 Å². The molecule has 1 atom stereocenters. The summed E-state index contributed by atoms with van der Waals surface area (Å²) in [6.07, 6.45) is 1.11. The van der Waals surface area contributed by atoms with Gasteiger partial charge in [-0.3, -0.25) is 4.90 Å². The highest BCUT2D eigenvalue weighted by molar-refractivity contribution is 7.14. The van der Waals surface area contributed by atoms with Crippen molar-refractivity contribution in [1.82, 2.24) is 9.88 Å². The average Bonchev–Trinajstić information content (AvgIpc) is 3.00. The van der Waals surface area contributed by atoms with Gasteiger partial charge >= 0.3 is 0 Å². The van der Waals surface area contributed by atoms with Crippen LogP contribution in [0.3, 0.4) is 0 Å². The molecule has 3 nitrogen and oxygen atoms in total. The van der Waals surface area contributed by atoms with Crippen molar-refractivity contribution in [3.05, 3.63) is 27.9 Å². The lowest BCUT2D eigenvalue weighted by atomic mass is 10.3. The number of thiophene rings is 1. The zero-order valence-corrected chi connectivity index (χ0v) is 11.1. The van der Waals surface area contributed by atoms with Gasteiger partial charge < -0.3 is 5.73 Å². The minimum absolute atomic E-state index is 0.352. The third-order valence-corrected chi connectivity index (χ3v) is 4.64. The van der Waals surface area contributed by atoms with E-state index < -0.39 is 0 Å². The Morgan fingerprint density at radius 2 is 2.41 bits per heavy atom. The largest absolute Gasteiger partial charge is 0.326 e. The standard InChI is InChI=1S/C12H15N3S2/c13-10-1-3-15(5-10)6-11-8-17-12(14-11)9-2-4-16-7-9/h2,4,7-8,10H,1,3,5-6,13H2/t10-/m1/s1. The van der Waals surface area contributed by atoms with Gasteiger partial charge in [-0.1, -0.05) is 0 Å². The summed E-state index contributed by atoms with van der Waals surface area (Å²) < 4.78 is 0. The molecule has 17 heavy (non-hydrogen) atoms. The smallest absolute Gasteiger partial charge is 0.124 e. The summed E-state index contributed by atoms with van der Waals surface area (Å²) in [5, 5.41) is 7.53. The molecule has 0 unspecified atom stereocenters. The lowest BCUT2D eigenvalue weighted by Gasteiger charge is -2.12. The van der Waals surface area contributed by atoms with Crippen LogP contribution < -0.4 is 5.73 Å². The topological polar surface area (TPSA) is 42.1 Å². The van der Waals surface area contributed by atoms with Crippen molar-refractivity contribution < 1.29 is 0 Å². The number of nitrogens with zero attached hydrogens (tertiary/aromatic N) is 2. The van der Waals surface area contributed by atoms with Crippen molar-refractivity contribution in [1.29, 1.82) is 0 Å². The lowest BCUT2D eigenvalue weighted by molar-refractivity contribution is 0.323. The summed E-state index contributed by atoms with van der Waals surface area (Å²) >= 11 is 3.45. The van der Waals surface area contributed by atoms with E-state index in [0.29, 0.717) is 6.04 Å². The second-order valence-corrected chi connectivity index (χ2v) is 6.08. The summed E-state index contributed by atoms with van der Waals surface area (Å²) in [5.74, 6) is 0. The molecular weight excluding hydrogens is 250 g/mol. The summed E-state index contributed by atoms with van der Waals surface area (Å²) in [5.41, 5.74) is 8.31. The average molecular weight is 265 g/mol. The molecule has 1 aliphatic heterocycles. The maximum Gasteiger partial charge on any atom is 0.124 e. The normalized spacial score (nSPS) is 21.1. The maximum absolute atomic E-state index is 5.90. The van der Waals surface area contributed by atoms with Gasteiger partial charge in [0.05, 0.1) is 5.69 Å². The van der Waals surface area contributed by atoms with Crippen molar-refractivity contribution in [3.63, 3.8) is 0 Å². The second-order valence-electron chi connectivity index (χ2n) is 4.44. The van der Waals surface area contributed by atoms with Gasteiger partial charge in [0, 0.05) is 42.0 Å². The molecule has 90 valence electrons. The van der Waals surface area contributed by atoms with Gasteiger partial charge in [0.2, 0.25) is 0 Å². The molecule has 0 aromatic carbocycles. The molecule has 0 aliphatic carbocycles. The molecule has 0 saturated carbocycles. The molecule has 0 radical (unpaired) electrons. The molecule has 1 saturated heterocycles. The zero-order chi connectivity index (χ0) is 11.7. The number of hydrogen-bond acceptors (Lipinski definition) is 5. The summed E-state index contributed by atoms with van der Waals surface area (Å²) in [4.78, 5) is 7.07. The third-order valence-electron chi connectivity index (χ3n) is 3.01. The molecule has 2 aromatic rings. The molecule has 1 aliphatic rings. The lowest BCUT2D eigenvalue weighted by Crippen LogP contribution is -2.26. The van der Waals surface area contributed by atoms with Crippen molar-refractivity contribution in [2.45, 2.75) is 19.0 Å². The number of hydrogen-bond donors (Lipinski definition) is 1. The monoisotopic (exact) mass is 265 g/mol. The van der Waals surface area contributed by atoms with E-state index in [-0.39, 0.29) is 0 Å². The van der Waals surface area contributed by atoms with Crippen LogP contribution in [-0.2, 0) is 6.54 Å². The SMILES string of the molecule is N[C@@H]1CCN(Cc2csc(-c3ccsc3)n2)C1. The quantitative estimate of drug-likeness (QED) is 0.926. The van der Waals surface area contributed by atoms with Gasteiger partial charge in [-0.15, -0.1) is 11.3 Å². The fourth-order valence-corrected chi connectivity index (χ4v) is 3.66. The molecule has 0 spiro atoms. The maximum atomic E-state index is 5.90. The van der Waals surface area contributed by atoms with Crippen molar-refractivity contribution in [2.75, 3.05) is 13.1 Å². The molecule has 2 aromatic heterocycles. The molecule has 3 rings (SSSR count). The number of rotatable bonds is 3. The predicted octanol–water partition coefficient (Wildman–Crippen LogP) is 2.40. The molecular formula is C12H15N3S2. The van der Waals surface area contributed by atoms with Crippen molar-refractivity contribution in [2.24, 2.45) is 5.73 Å². The Hall–Kier alpha value is -0.750. The van der Waals surface area contributed by atoms with E-state index in [1.54, 1.807) is 22.7 Å². The first-order chi connectivity index (χ1) is 8.31. The summed E-state index contributed by atoms with van der Waals surface area (Å²) in [6.45, 7) is 3.05. The first-order valence-corrected chi connectivity index (χ1v) is 7.58. The van der Waals surface area contributed by atoms with Crippen LogP contribution in [0.1, 0.15) is 12.1 Å². The van der Waals surface area contributed by atoms with E-state index in [0.717, 1.165) is 31.1 Å². The van der Waals surface area contributed by atoms with Gasteiger partial charge in [0.15, 0.2) is 0 Å². The van der Waals surface area contributed by atoms with E-state index in [2.05, 4.69) is 32.1 Å². The van der Waals surface area contributed by atoms with Gasteiger partial charge in [-0.25, -0.2) is 4.98 Å².